The minimum absolute atomic E-state index is 0.0106. The minimum Gasteiger partial charge on any atom is -0.395 e. The lowest BCUT2D eigenvalue weighted by Crippen LogP contribution is -2.38. The van der Waals surface area contributed by atoms with Gasteiger partial charge in [0.05, 0.1) is 13.2 Å². The van der Waals surface area contributed by atoms with E-state index in [9.17, 15) is 4.79 Å². The molecule has 0 saturated heterocycles. The largest absolute Gasteiger partial charge is 0.395 e. The predicted molar refractivity (Wildman–Crippen MR) is 47.8 cm³/mol. The average Bonchev–Trinajstić information content (AvgIpc) is 2.04. The molecule has 0 saturated carbocycles. The molecule has 0 aromatic rings. The summed E-state index contributed by atoms with van der Waals surface area (Å²) in [5.41, 5.74) is 0. The van der Waals surface area contributed by atoms with E-state index in [1.807, 2.05) is 0 Å². The fourth-order valence-electron chi connectivity index (χ4n) is 0.857. The van der Waals surface area contributed by atoms with Gasteiger partial charge in [-0.15, -0.1) is 6.58 Å². The molecule has 0 aromatic heterocycles. The normalized spacial score (nSPS) is 9.50. The van der Waals surface area contributed by atoms with E-state index in [1.165, 1.54) is 0 Å². The van der Waals surface area contributed by atoms with Crippen LogP contribution in [0.2, 0.25) is 0 Å². The van der Waals surface area contributed by atoms with E-state index in [1.54, 1.807) is 18.0 Å². The van der Waals surface area contributed by atoms with E-state index in [-0.39, 0.29) is 12.5 Å². The second kappa shape index (κ2) is 6.82. The van der Waals surface area contributed by atoms with Crippen molar-refractivity contribution in [2.45, 2.75) is 0 Å². The highest BCUT2D eigenvalue weighted by molar-refractivity contribution is 5.78. The van der Waals surface area contributed by atoms with E-state index in [4.69, 9.17) is 5.11 Å². The molecule has 0 fully saturated rings. The molecular formula is C8H16N2O2. The standard InChI is InChI=1S/C8H16N2O2/c1-3-4-10(5-6-11)8(12)7-9-2/h3,9,11H,1,4-7H2,2H3. The number of aliphatic hydroxyl groups excluding tert-OH is 1. The Kier molecular flexibility index (Phi) is 6.32. The van der Waals surface area contributed by atoms with Gasteiger partial charge in [0.15, 0.2) is 0 Å². The summed E-state index contributed by atoms with van der Waals surface area (Å²) in [7, 11) is 1.71. The molecule has 0 atom stereocenters. The topological polar surface area (TPSA) is 52.6 Å². The number of hydrogen-bond donors (Lipinski definition) is 2. The van der Waals surface area contributed by atoms with Crippen LogP contribution in [0.25, 0.3) is 0 Å². The van der Waals surface area contributed by atoms with Crippen LogP contribution in [0.3, 0.4) is 0 Å². The molecule has 4 nitrogen and oxygen atoms in total. The van der Waals surface area contributed by atoms with Crippen LogP contribution in [0, 0.1) is 0 Å². The number of nitrogens with zero attached hydrogens (tertiary/aromatic N) is 1. The van der Waals surface area contributed by atoms with Gasteiger partial charge in [-0.2, -0.15) is 0 Å². The highest BCUT2D eigenvalue weighted by atomic mass is 16.3. The van der Waals surface area contributed by atoms with Crippen molar-refractivity contribution in [1.29, 1.82) is 0 Å². The van der Waals surface area contributed by atoms with Gasteiger partial charge in [0.2, 0.25) is 5.91 Å². The molecule has 70 valence electrons. The third kappa shape index (κ3) is 4.10. The zero-order valence-corrected chi connectivity index (χ0v) is 7.42. The number of nitrogens with one attached hydrogen (secondary N) is 1. The Morgan fingerprint density at radius 3 is 2.83 bits per heavy atom. The van der Waals surface area contributed by atoms with Gasteiger partial charge in [-0.25, -0.2) is 0 Å². The van der Waals surface area contributed by atoms with Gasteiger partial charge in [0.25, 0.3) is 0 Å². The summed E-state index contributed by atoms with van der Waals surface area (Å²) in [6, 6.07) is 0. The van der Waals surface area contributed by atoms with Crippen molar-refractivity contribution in [2.75, 3.05) is 33.3 Å². The first kappa shape index (κ1) is 11.1. The fourth-order valence-corrected chi connectivity index (χ4v) is 0.857. The summed E-state index contributed by atoms with van der Waals surface area (Å²) in [4.78, 5) is 12.8. The lowest BCUT2D eigenvalue weighted by molar-refractivity contribution is -0.130. The lowest BCUT2D eigenvalue weighted by Gasteiger charge is -2.19. The van der Waals surface area contributed by atoms with Gasteiger partial charge in [0.1, 0.15) is 0 Å². The maximum Gasteiger partial charge on any atom is 0.236 e. The summed E-state index contributed by atoms with van der Waals surface area (Å²) < 4.78 is 0. The summed E-state index contributed by atoms with van der Waals surface area (Å²) in [5, 5.41) is 11.4. The molecule has 0 unspecified atom stereocenters. The van der Waals surface area contributed by atoms with Crippen LogP contribution in [-0.2, 0) is 4.79 Å². The molecule has 2 N–H and O–H groups in total. The van der Waals surface area contributed by atoms with Crippen LogP contribution in [0.15, 0.2) is 12.7 Å². The molecule has 12 heavy (non-hydrogen) atoms. The number of hydrogen-bond acceptors (Lipinski definition) is 3. The fraction of sp³-hybridized carbons (Fsp3) is 0.625. The second-order valence-electron chi connectivity index (χ2n) is 2.38. The Morgan fingerprint density at radius 2 is 2.42 bits per heavy atom. The van der Waals surface area contributed by atoms with E-state index in [2.05, 4.69) is 11.9 Å². The van der Waals surface area contributed by atoms with E-state index in [0.717, 1.165) is 0 Å². The maximum absolute atomic E-state index is 11.2. The monoisotopic (exact) mass is 172 g/mol. The molecule has 0 aliphatic carbocycles. The predicted octanol–water partition coefficient (Wildman–Crippen LogP) is -0.787. The Morgan fingerprint density at radius 1 is 1.75 bits per heavy atom. The first-order valence-electron chi connectivity index (χ1n) is 3.90. The van der Waals surface area contributed by atoms with Gasteiger partial charge < -0.3 is 15.3 Å². The van der Waals surface area contributed by atoms with Crippen LogP contribution < -0.4 is 5.32 Å². The molecule has 1 amide bonds. The highest BCUT2D eigenvalue weighted by Gasteiger charge is 2.08. The van der Waals surface area contributed by atoms with Crippen molar-refractivity contribution in [2.24, 2.45) is 0 Å². The van der Waals surface area contributed by atoms with Crippen molar-refractivity contribution in [1.82, 2.24) is 10.2 Å². The van der Waals surface area contributed by atoms with Crippen LogP contribution >= 0.6 is 0 Å². The van der Waals surface area contributed by atoms with Crippen LogP contribution in [0.5, 0.6) is 0 Å². The number of carbonyl (C=O) groups is 1. The molecule has 0 bridgehead atoms. The van der Waals surface area contributed by atoms with E-state index >= 15 is 0 Å². The van der Waals surface area contributed by atoms with E-state index in [0.29, 0.717) is 19.6 Å². The quantitative estimate of drug-likeness (QED) is 0.516. The lowest BCUT2D eigenvalue weighted by atomic mass is 10.4. The van der Waals surface area contributed by atoms with Crippen molar-refractivity contribution >= 4 is 5.91 Å². The van der Waals surface area contributed by atoms with E-state index < -0.39 is 0 Å². The van der Waals surface area contributed by atoms with Crippen molar-refractivity contribution in [3.8, 4) is 0 Å². The zero-order chi connectivity index (χ0) is 9.40. The third-order valence-corrected chi connectivity index (χ3v) is 1.40. The summed E-state index contributed by atoms with van der Waals surface area (Å²) >= 11 is 0. The molecular weight excluding hydrogens is 156 g/mol. The zero-order valence-electron chi connectivity index (χ0n) is 7.42. The summed E-state index contributed by atoms with van der Waals surface area (Å²) in [5.74, 6) is -0.0218. The van der Waals surface area contributed by atoms with Gasteiger partial charge in [-0.3, -0.25) is 4.79 Å². The third-order valence-electron chi connectivity index (χ3n) is 1.40. The number of carbonyl (C=O) groups excluding carboxylic acids is 1. The molecule has 0 heterocycles. The summed E-state index contributed by atoms with van der Waals surface area (Å²) in [6.07, 6.45) is 1.64. The Hall–Kier alpha value is -0.870. The minimum atomic E-state index is -0.0218. The van der Waals surface area contributed by atoms with Gasteiger partial charge >= 0.3 is 0 Å². The highest BCUT2D eigenvalue weighted by Crippen LogP contribution is 1.88. The molecule has 4 heteroatoms. The molecule has 0 aromatic carbocycles. The van der Waals surface area contributed by atoms with Crippen molar-refractivity contribution < 1.29 is 9.90 Å². The second-order valence-corrected chi connectivity index (χ2v) is 2.38. The SMILES string of the molecule is C=CCN(CCO)C(=O)CNC. The number of amides is 1. The molecule has 0 aliphatic rings. The smallest absolute Gasteiger partial charge is 0.236 e. The molecule has 0 rings (SSSR count). The van der Waals surface area contributed by atoms with Gasteiger partial charge in [-0.1, -0.05) is 6.08 Å². The molecule has 0 radical (unpaired) electrons. The van der Waals surface area contributed by atoms with Gasteiger partial charge in [0, 0.05) is 13.1 Å². The molecule has 0 spiro atoms. The van der Waals surface area contributed by atoms with Gasteiger partial charge in [-0.05, 0) is 7.05 Å². The van der Waals surface area contributed by atoms with Crippen LogP contribution in [0.4, 0.5) is 0 Å². The maximum atomic E-state index is 11.2. The number of rotatable bonds is 6. The first-order valence-corrected chi connectivity index (χ1v) is 3.90. The Labute approximate surface area is 72.9 Å². The summed E-state index contributed by atoms with van der Waals surface area (Å²) in [6.45, 7) is 4.67. The Balaban J connectivity index is 3.89. The van der Waals surface area contributed by atoms with Crippen molar-refractivity contribution in [3.05, 3.63) is 12.7 Å². The van der Waals surface area contributed by atoms with Crippen LogP contribution in [-0.4, -0.2) is 49.2 Å². The Bertz CT molecular complexity index is 148. The number of likely N-dealkylation sites (N-methyl/N-ethyl adjacent to an activating group) is 1. The number of aliphatic hydroxyl groups is 1. The average molecular weight is 172 g/mol. The van der Waals surface area contributed by atoms with Crippen LogP contribution in [0.1, 0.15) is 0 Å². The first-order chi connectivity index (χ1) is 5.76. The van der Waals surface area contributed by atoms with Crippen molar-refractivity contribution in [3.63, 3.8) is 0 Å². The molecule has 0 aliphatic heterocycles.